The van der Waals surface area contributed by atoms with Gasteiger partial charge in [0.2, 0.25) is 0 Å². The number of primary amides is 1. The number of hydrogen-bond donors (Lipinski definition) is 1. The van der Waals surface area contributed by atoms with Gasteiger partial charge in [-0.2, -0.15) is 0 Å². The Balaban J connectivity index is 2.15. The molecule has 1 amide bonds. The molecular weight excluding hydrogens is 312 g/mol. The smallest absolute Gasteiger partial charge is 0.262 e. The SMILES string of the molecule is Cc1c(C(N)=O)c2ccccc2n1C(=O)c1ccc(C(C)(C)C)cc1. The first-order chi connectivity index (χ1) is 11.7. The van der Waals surface area contributed by atoms with E-state index in [1.54, 1.807) is 11.5 Å². The van der Waals surface area contributed by atoms with E-state index in [-0.39, 0.29) is 11.3 Å². The van der Waals surface area contributed by atoms with Gasteiger partial charge in [-0.25, -0.2) is 0 Å². The van der Waals surface area contributed by atoms with Crippen molar-refractivity contribution in [3.63, 3.8) is 0 Å². The quantitative estimate of drug-likeness (QED) is 0.769. The highest BCUT2D eigenvalue weighted by Gasteiger charge is 2.22. The number of para-hydroxylation sites is 1. The van der Waals surface area contributed by atoms with E-state index in [9.17, 15) is 9.59 Å². The minimum absolute atomic E-state index is 0.0246. The highest BCUT2D eigenvalue weighted by atomic mass is 16.2. The van der Waals surface area contributed by atoms with Gasteiger partial charge in [-0.05, 0) is 36.1 Å². The zero-order chi connectivity index (χ0) is 18.4. The maximum atomic E-state index is 13.1. The molecule has 3 rings (SSSR count). The maximum Gasteiger partial charge on any atom is 0.262 e. The molecule has 3 aromatic rings. The Morgan fingerprint density at radius 1 is 0.960 bits per heavy atom. The van der Waals surface area contributed by atoms with E-state index >= 15 is 0 Å². The maximum absolute atomic E-state index is 13.1. The number of amides is 1. The first-order valence-electron chi connectivity index (χ1n) is 8.27. The fraction of sp³-hybridized carbons (Fsp3) is 0.238. The molecule has 0 spiro atoms. The van der Waals surface area contributed by atoms with Crippen LogP contribution in [0.3, 0.4) is 0 Å². The molecule has 0 aliphatic rings. The molecule has 0 saturated carbocycles. The number of hydrogen-bond acceptors (Lipinski definition) is 2. The number of carbonyl (C=O) groups excluding carboxylic acids is 2. The Kier molecular flexibility index (Phi) is 3.99. The van der Waals surface area contributed by atoms with Crippen molar-refractivity contribution in [1.82, 2.24) is 4.57 Å². The molecule has 0 saturated heterocycles. The molecule has 0 radical (unpaired) electrons. The molecule has 0 bridgehead atoms. The molecule has 128 valence electrons. The molecule has 0 aliphatic heterocycles. The van der Waals surface area contributed by atoms with Gasteiger partial charge < -0.3 is 5.73 Å². The lowest BCUT2D eigenvalue weighted by Crippen LogP contribution is -2.17. The molecule has 0 fully saturated rings. The molecular formula is C21H22N2O2. The third kappa shape index (κ3) is 2.84. The summed E-state index contributed by atoms with van der Waals surface area (Å²) >= 11 is 0. The van der Waals surface area contributed by atoms with Crippen molar-refractivity contribution in [1.29, 1.82) is 0 Å². The Labute approximate surface area is 147 Å². The average molecular weight is 334 g/mol. The molecule has 25 heavy (non-hydrogen) atoms. The molecule has 2 N–H and O–H groups in total. The van der Waals surface area contributed by atoms with Gasteiger partial charge in [0.25, 0.3) is 11.8 Å². The predicted molar refractivity (Wildman–Crippen MR) is 100 cm³/mol. The zero-order valence-electron chi connectivity index (χ0n) is 15.0. The van der Waals surface area contributed by atoms with Crippen molar-refractivity contribution >= 4 is 22.7 Å². The van der Waals surface area contributed by atoms with Gasteiger partial charge in [0.15, 0.2) is 0 Å². The van der Waals surface area contributed by atoms with E-state index in [1.807, 2.05) is 48.5 Å². The largest absolute Gasteiger partial charge is 0.366 e. The molecule has 1 heterocycles. The minimum Gasteiger partial charge on any atom is -0.366 e. The number of carbonyl (C=O) groups is 2. The highest BCUT2D eigenvalue weighted by Crippen LogP contribution is 2.27. The van der Waals surface area contributed by atoms with Crippen LogP contribution in [-0.4, -0.2) is 16.4 Å². The first-order valence-corrected chi connectivity index (χ1v) is 8.27. The molecule has 0 unspecified atom stereocenters. The normalized spacial score (nSPS) is 11.7. The van der Waals surface area contributed by atoms with E-state index in [1.165, 1.54) is 0 Å². The Morgan fingerprint density at radius 3 is 2.12 bits per heavy atom. The van der Waals surface area contributed by atoms with Crippen LogP contribution in [0.2, 0.25) is 0 Å². The lowest BCUT2D eigenvalue weighted by molar-refractivity contribution is 0.0963. The fourth-order valence-corrected chi connectivity index (χ4v) is 3.18. The third-order valence-electron chi connectivity index (χ3n) is 4.56. The van der Waals surface area contributed by atoms with E-state index in [2.05, 4.69) is 20.8 Å². The number of nitrogens with two attached hydrogens (primary N) is 1. The van der Waals surface area contributed by atoms with Crippen molar-refractivity contribution in [3.05, 3.63) is 70.9 Å². The van der Waals surface area contributed by atoms with E-state index in [0.29, 0.717) is 27.7 Å². The van der Waals surface area contributed by atoms with Gasteiger partial charge in [-0.3, -0.25) is 14.2 Å². The predicted octanol–water partition coefficient (Wildman–Crippen LogP) is 4.03. The molecule has 0 aliphatic carbocycles. The lowest BCUT2D eigenvalue weighted by atomic mass is 9.86. The molecule has 4 nitrogen and oxygen atoms in total. The van der Waals surface area contributed by atoms with Crippen LogP contribution in [0.15, 0.2) is 48.5 Å². The monoisotopic (exact) mass is 334 g/mol. The van der Waals surface area contributed by atoms with E-state index in [0.717, 1.165) is 5.56 Å². The van der Waals surface area contributed by atoms with Gasteiger partial charge in [0, 0.05) is 16.6 Å². The summed E-state index contributed by atoms with van der Waals surface area (Å²) in [6, 6.07) is 14.9. The summed E-state index contributed by atoms with van der Waals surface area (Å²) in [4.78, 5) is 24.9. The van der Waals surface area contributed by atoms with Crippen molar-refractivity contribution in [2.24, 2.45) is 5.73 Å². The summed E-state index contributed by atoms with van der Waals surface area (Å²) < 4.78 is 1.57. The Hall–Kier alpha value is -2.88. The van der Waals surface area contributed by atoms with Crippen molar-refractivity contribution in [2.75, 3.05) is 0 Å². The van der Waals surface area contributed by atoms with Crippen LogP contribution in [-0.2, 0) is 5.41 Å². The molecule has 2 aromatic carbocycles. The molecule has 1 aromatic heterocycles. The number of aromatic nitrogens is 1. The van der Waals surface area contributed by atoms with E-state index < -0.39 is 5.91 Å². The summed E-state index contributed by atoms with van der Waals surface area (Å²) in [5.41, 5.74) is 8.96. The average Bonchev–Trinajstić information content (AvgIpc) is 2.85. The topological polar surface area (TPSA) is 65.1 Å². The van der Waals surface area contributed by atoms with Gasteiger partial charge in [-0.15, -0.1) is 0 Å². The van der Waals surface area contributed by atoms with Crippen LogP contribution in [0.1, 0.15) is 52.7 Å². The van der Waals surface area contributed by atoms with Gasteiger partial charge >= 0.3 is 0 Å². The number of rotatable bonds is 2. The van der Waals surface area contributed by atoms with Crippen molar-refractivity contribution in [2.45, 2.75) is 33.1 Å². The summed E-state index contributed by atoms with van der Waals surface area (Å²) in [7, 11) is 0. The van der Waals surface area contributed by atoms with Crippen LogP contribution in [0.5, 0.6) is 0 Å². The second-order valence-corrected chi connectivity index (χ2v) is 7.31. The third-order valence-corrected chi connectivity index (χ3v) is 4.56. The molecule has 0 atom stereocenters. The summed E-state index contributed by atoms with van der Waals surface area (Å²) in [5, 5.41) is 0.701. The lowest BCUT2D eigenvalue weighted by Gasteiger charge is -2.19. The van der Waals surface area contributed by atoms with Gasteiger partial charge in [-0.1, -0.05) is 51.1 Å². The van der Waals surface area contributed by atoms with Crippen LogP contribution >= 0.6 is 0 Å². The number of benzene rings is 2. The van der Waals surface area contributed by atoms with Crippen molar-refractivity contribution in [3.8, 4) is 0 Å². The van der Waals surface area contributed by atoms with Crippen LogP contribution in [0, 0.1) is 6.92 Å². The van der Waals surface area contributed by atoms with Crippen LogP contribution < -0.4 is 5.73 Å². The minimum atomic E-state index is -0.525. The zero-order valence-corrected chi connectivity index (χ0v) is 15.0. The number of nitrogens with zero attached hydrogens (tertiary/aromatic N) is 1. The Morgan fingerprint density at radius 2 is 1.56 bits per heavy atom. The summed E-state index contributed by atoms with van der Waals surface area (Å²) in [5.74, 6) is -0.690. The second-order valence-electron chi connectivity index (χ2n) is 7.31. The summed E-state index contributed by atoms with van der Waals surface area (Å²) in [6.07, 6.45) is 0. The fourth-order valence-electron chi connectivity index (χ4n) is 3.18. The highest BCUT2D eigenvalue weighted by molar-refractivity contribution is 6.12. The van der Waals surface area contributed by atoms with Gasteiger partial charge in [0.05, 0.1) is 11.1 Å². The van der Waals surface area contributed by atoms with Crippen LogP contribution in [0.25, 0.3) is 10.9 Å². The molecule has 4 heteroatoms. The van der Waals surface area contributed by atoms with Gasteiger partial charge in [0.1, 0.15) is 0 Å². The standard InChI is InChI=1S/C21H22N2O2/c1-13-18(19(22)24)16-7-5-6-8-17(16)23(13)20(25)14-9-11-15(12-10-14)21(2,3)4/h5-12H,1-4H3,(H2,22,24). The first kappa shape index (κ1) is 17.0. The summed E-state index contributed by atoms with van der Waals surface area (Å²) in [6.45, 7) is 8.15. The Bertz CT molecular complexity index is 974. The van der Waals surface area contributed by atoms with E-state index in [4.69, 9.17) is 5.73 Å². The number of fused-ring (bicyclic) bond motifs is 1. The van der Waals surface area contributed by atoms with Crippen molar-refractivity contribution < 1.29 is 9.59 Å². The second kappa shape index (κ2) is 5.88. The van der Waals surface area contributed by atoms with Crippen LogP contribution in [0.4, 0.5) is 0 Å².